The summed E-state index contributed by atoms with van der Waals surface area (Å²) in [5.41, 5.74) is 0. The molecule has 0 aliphatic carbocycles. The lowest BCUT2D eigenvalue weighted by molar-refractivity contribution is 0.438. The summed E-state index contributed by atoms with van der Waals surface area (Å²) >= 11 is 0. The van der Waals surface area contributed by atoms with Crippen LogP contribution in [0.25, 0.3) is 0 Å². The zero-order valence-electron chi connectivity index (χ0n) is 10.8. The molecule has 1 heterocycles. The van der Waals surface area contributed by atoms with Gasteiger partial charge in [-0.15, -0.1) is 0 Å². The van der Waals surface area contributed by atoms with Crippen molar-refractivity contribution in [3.8, 4) is 0 Å². The van der Waals surface area contributed by atoms with E-state index in [9.17, 15) is 8.42 Å². The van der Waals surface area contributed by atoms with Gasteiger partial charge in [0.05, 0.1) is 6.54 Å². The van der Waals surface area contributed by atoms with E-state index in [1.165, 1.54) is 4.31 Å². The average Bonchev–Trinajstić information content (AvgIpc) is 2.62. The highest BCUT2D eigenvalue weighted by Gasteiger charge is 2.26. The Hall–Kier alpha value is -0.850. The first-order valence-electron chi connectivity index (χ1n) is 5.71. The van der Waals surface area contributed by atoms with Crippen molar-refractivity contribution in [1.29, 1.82) is 0 Å². The van der Waals surface area contributed by atoms with Gasteiger partial charge in [-0.05, 0) is 14.0 Å². The second-order valence-corrected chi connectivity index (χ2v) is 5.66. The number of rotatable bonds is 6. The monoisotopic (exact) mass is 260 g/mol. The molecule has 0 amide bonds. The lowest BCUT2D eigenvalue weighted by Gasteiger charge is -2.17. The van der Waals surface area contributed by atoms with E-state index < -0.39 is 10.0 Å². The first-order chi connectivity index (χ1) is 7.97. The normalized spacial score (nSPS) is 12.3. The third kappa shape index (κ3) is 2.88. The van der Waals surface area contributed by atoms with Crippen molar-refractivity contribution in [2.24, 2.45) is 0 Å². The fourth-order valence-electron chi connectivity index (χ4n) is 1.74. The van der Waals surface area contributed by atoms with Crippen molar-refractivity contribution in [1.82, 2.24) is 9.62 Å². The molecule has 0 bridgehead atoms. The Morgan fingerprint density at radius 1 is 1.35 bits per heavy atom. The van der Waals surface area contributed by atoms with Gasteiger partial charge in [-0.1, -0.05) is 13.8 Å². The number of aryl methyl sites for hydroxylation is 1. The van der Waals surface area contributed by atoms with Gasteiger partial charge < -0.3 is 9.73 Å². The van der Waals surface area contributed by atoms with E-state index in [4.69, 9.17) is 4.42 Å². The van der Waals surface area contributed by atoms with E-state index in [2.05, 4.69) is 5.32 Å². The summed E-state index contributed by atoms with van der Waals surface area (Å²) < 4.78 is 31.4. The second-order valence-electron chi connectivity index (χ2n) is 3.75. The highest BCUT2D eigenvalue weighted by atomic mass is 32.2. The average molecular weight is 260 g/mol. The van der Waals surface area contributed by atoms with E-state index in [1.807, 2.05) is 13.8 Å². The van der Waals surface area contributed by atoms with Gasteiger partial charge in [-0.2, -0.15) is 4.31 Å². The zero-order valence-corrected chi connectivity index (χ0v) is 11.6. The summed E-state index contributed by atoms with van der Waals surface area (Å²) in [6.07, 6.45) is 0. The van der Waals surface area contributed by atoms with Crippen molar-refractivity contribution in [2.45, 2.75) is 32.2 Å². The maximum absolute atomic E-state index is 12.3. The molecule has 17 heavy (non-hydrogen) atoms. The minimum absolute atomic E-state index is 0.270. The Bertz CT molecular complexity index is 461. The smallest absolute Gasteiger partial charge is 0.246 e. The van der Waals surface area contributed by atoms with Gasteiger partial charge in [0.25, 0.3) is 0 Å². The second kappa shape index (κ2) is 5.66. The van der Waals surface area contributed by atoms with Crippen LogP contribution >= 0.6 is 0 Å². The maximum Gasteiger partial charge on any atom is 0.246 e. The van der Waals surface area contributed by atoms with Crippen molar-refractivity contribution < 1.29 is 12.8 Å². The van der Waals surface area contributed by atoms with E-state index in [0.717, 1.165) is 0 Å². The summed E-state index contributed by atoms with van der Waals surface area (Å²) in [6, 6.07) is 1.60. The molecular weight excluding hydrogens is 240 g/mol. The maximum atomic E-state index is 12.3. The van der Waals surface area contributed by atoms with Gasteiger partial charge in [-0.25, -0.2) is 8.42 Å². The molecule has 0 saturated heterocycles. The summed E-state index contributed by atoms with van der Waals surface area (Å²) in [5, 5.41) is 2.93. The lowest BCUT2D eigenvalue weighted by Crippen LogP contribution is -2.30. The molecular formula is C11H20N2O3S. The fraction of sp³-hybridized carbons (Fsp3) is 0.636. The zero-order chi connectivity index (χ0) is 13.1. The molecule has 1 aromatic rings. The van der Waals surface area contributed by atoms with Crippen LogP contribution in [0, 0.1) is 6.92 Å². The minimum Gasteiger partial charge on any atom is -0.464 e. The molecule has 0 spiro atoms. The molecule has 0 aromatic carbocycles. The number of hydrogen-bond donors (Lipinski definition) is 1. The van der Waals surface area contributed by atoms with Crippen molar-refractivity contribution in [3.63, 3.8) is 0 Å². The van der Waals surface area contributed by atoms with Crippen LogP contribution in [-0.4, -0.2) is 32.9 Å². The highest BCUT2D eigenvalue weighted by molar-refractivity contribution is 7.89. The Balaban J connectivity index is 3.14. The number of furan rings is 1. The predicted octanol–water partition coefficient (Wildman–Crippen LogP) is 1.34. The van der Waals surface area contributed by atoms with Crippen LogP contribution in [0.4, 0.5) is 0 Å². The number of sulfonamides is 1. The molecule has 1 rings (SSSR count). The Labute approximate surface area is 103 Å². The van der Waals surface area contributed by atoms with Crippen molar-refractivity contribution in [3.05, 3.63) is 17.6 Å². The number of nitrogens with one attached hydrogen (secondary N) is 1. The van der Waals surface area contributed by atoms with Gasteiger partial charge in [0.15, 0.2) is 0 Å². The van der Waals surface area contributed by atoms with E-state index >= 15 is 0 Å². The quantitative estimate of drug-likeness (QED) is 0.838. The van der Waals surface area contributed by atoms with Crippen molar-refractivity contribution >= 4 is 10.0 Å². The largest absolute Gasteiger partial charge is 0.464 e. The molecule has 0 radical (unpaired) electrons. The summed E-state index contributed by atoms with van der Waals surface area (Å²) in [6.45, 7) is 6.77. The Morgan fingerprint density at radius 2 is 1.94 bits per heavy atom. The number of hydrogen-bond acceptors (Lipinski definition) is 4. The topological polar surface area (TPSA) is 62.6 Å². The highest BCUT2D eigenvalue weighted by Crippen LogP contribution is 2.23. The molecule has 0 atom stereocenters. The van der Waals surface area contributed by atoms with Crippen LogP contribution in [0.5, 0.6) is 0 Å². The van der Waals surface area contributed by atoms with Crippen LogP contribution in [0.3, 0.4) is 0 Å². The molecule has 0 aliphatic heterocycles. The van der Waals surface area contributed by atoms with Crippen LogP contribution in [0.2, 0.25) is 0 Å². The van der Waals surface area contributed by atoms with Gasteiger partial charge >= 0.3 is 0 Å². The third-order valence-electron chi connectivity index (χ3n) is 2.60. The molecule has 0 saturated carbocycles. The Kier molecular flexibility index (Phi) is 4.73. The first-order valence-corrected chi connectivity index (χ1v) is 7.15. The predicted molar refractivity (Wildman–Crippen MR) is 66.3 cm³/mol. The summed E-state index contributed by atoms with van der Waals surface area (Å²) in [5.74, 6) is 1.08. The fourth-order valence-corrected chi connectivity index (χ4v) is 3.39. The minimum atomic E-state index is -3.42. The van der Waals surface area contributed by atoms with Gasteiger partial charge in [0.2, 0.25) is 10.0 Å². The van der Waals surface area contributed by atoms with Crippen LogP contribution in [-0.2, 0) is 16.6 Å². The summed E-state index contributed by atoms with van der Waals surface area (Å²) in [7, 11) is -1.63. The molecule has 6 heteroatoms. The van der Waals surface area contributed by atoms with Crippen LogP contribution < -0.4 is 5.32 Å². The third-order valence-corrected chi connectivity index (χ3v) is 4.75. The van der Waals surface area contributed by atoms with Gasteiger partial charge in [0.1, 0.15) is 16.4 Å². The lowest BCUT2D eigenvalue weighted by atomic mass is 10.4. The molecule has 1 aromatic heterocycles. The standard InChI is InChI=1S/C11H20N2O3S/c1-5-13(6-2)17(14,15)11-7-10(8-12-4)16-9(11)3/h7,12H,5-6,8H2,1-4H3. The van der Waals surface area contributed by atoms with E-state index in [0.29, 0.717) is 31.2 Å². The SMILES string of the molecule is CCN(CC)S(=O)(=O)c1cc(CNC)oc1C. The van der Waals surface area contributed by atoms with Crippen molar-refractivity contribution in [2.75, 3.05) is 20.1 Å². The van der Waals surface area contributed by atoms with Crippen LogP contribution in [0.15, 0.2) is 15.4 Å². The van der Waals surface area contributed by atoms with Crippen LogP contribution in [0.1, 0.15) is 25.4 Å². The molecule has 0 unspecified atom stereocenters. The van der Waals surface area contributed by atoms with E-state index in [1.54, 1.807) is 20.0 Å². The molecule has 98 valence electrons. The summed E-state index contributed by atoms with van der Waals surface area (Å²) in [4.78, 5) is 0.270. The molecule has 5 nitrogen and oxygen atoms in total. The first kappa shape index (κ1) is 14.2. The molecule has 0 fully saturated rings. The Morgan fingerprint density at radius 3 is 2.41 bits per heavy atom. The van der Waals surface area contributed by atoms with E-state index in [-0.39, 0.29) is 4.90 Å². The molecule has 1 N–H and O–H groups in total. The number of nitrogens with zero attached hydrogens (tertiary/aromatic N) is 1. The van der Waals surface area contributed by atoms with Gasteiger partial charge in [0, 0.05) is 19.2 Å². The molecule has 0 aliphatic rings. The van der Waals surface area contributed by atoms with Gasteiger partial charge in [-0.3, -0.25) is 0 Å².